The minimum absolute atomic E-state index is 0.316. The summed E-state index contributed by atoms with van der Waals surface area (Å²) in [4.78, 5) is 9.89. The van der Waals surface area contributed by atoms with E-state index in [-0.39, 0.29) is 0 Å². The molecule has 0 fully saturated rings. The van der Waals surface area contributed by atoms with Gasteiger partial charge >= 0.3 is 0 Å². The van der Waals surface area contributed by atoms with Crippen molar-refractivity contribution in [1.82, 2.24) is 15.3 Å². The zero-order chi connectivity index (χ0) is 12.1. The first-order valence-electron chi connectivity index (χ1n) is 5.06. The average molecular weight is 226 g/mol. The SMILES string of the molecule is CNCC(O)C(O)c1cnc(N(C)C)nc1. The van der Waals surface area contributed by atoms with Gasteiger partial charge in [-0.1, -0.05) is 0 Å². The zero-order valence-corrected chi connectivity index (χ0v) is 9.75. The highest BCUT2D eigenvalue weighted by atomic mass is 16.3. The lowest BCUT2D eigenvalue weighted by molar-refractivity contribution is 0.0198. The van der Waals surface area contributed by atoms with Crippen LogP contribution in [0.25, 0.3) is 0 Å². The molecule has 1 rings (SSSR count). The van der Waals surface area contributed by atoms with E-state index >= 15 is 0 Å². The van der Waals surface area contributed by atoms with E-state index in [4.69, 9.17) is 0 Å². The number of rotatable bonds is 5. The monoisotopic (exact) mass is 226 g/mol. The summed E-state index contributed by atoms with van der Waals surface area (Å²) in [5.41, 5.74) is 0.508. The molecule has 6 nitrogen and oxygen atoms in total. The molecule has 1 aromatic heterocycles. The van der Waals surface area contributed by atoms with Crippen molar-refractivity contribution in [3.05, 3.63) is 18.0 Å². The molecule has 6 heteroatoms. The molecule has 2 atom stereocenters. The summed E-state index contributed by atoms with van der Waals surface area (Å²) in [7, 11) is 5.38. The van der Waals surface area contributed by atoms with Crippen molar-refractivity contribution in [2.75, 3.05) is 32.6 Å². The molecule has 1 aromatic rings. The van der Waals surface area contributed by atoms with Crippen LogP contribution in [0.2, 0.25) is 0 Å². The first kappa shape index (κ1) is 12.8. The molecular weight excluding hydrogens is 208 g/mol. The predicted molar refractivity (Wildman–Crippen MR) is 61.3 cm³/mol. The third kappa shape index (κ3) is 3.13. The predicted octanol–water partition coefficient (Wildman–Crippen LogP) is -0.844. The first-order chi connectivity index (χ1) is 7.56. The van der Waals surface area contributed by atoms with Crippen LogP contribution in [0.4, 0.5) is 5.95 Å². The van der Waals surface area contributed by atoms with Gasteiger partial charge in [-0.2, -0.15) is 0 Å². The van der Waals surface area contributed by atoms with E-state index in [9.17, 15) is 10.2 Å². The van der Waals surface area contributed by atoms with Crippen LogP contribution in [0.1, 0.15) is 11.7 Å². The normalized spacial score (nSPS) is 14.6. The molecule has 0 bridgehead atoms. The largest absolute Gasteiger partial charge is 0.389 e. The summed E-state index contributed by atoms with van der Waals surface area (Å²) in [6.07, 6.45) is 1.21. The van der Waals surface area contributed by atoms with Gasteiger partial charge in [-0.15, -0.1) is 0 Å². The highest BCUT2D eigenvalue weighted by molar-refractivity contribution is 5.27. The summed E-state index contributed by atoms with van der Waals surface area (Å²) >= 11 is 0. The van der Waals surface area contributed by atoms with E-state index in [0.717, 1.165) is 0 Å². The average Bonchev–Trinajstić information content (AvgIpc) is 2.28. The molecule has 0 aliphatic heterocycles. The lowest BCUT2D eigenvalue weighted by Gasteiger charge is -2.17. The minimum atomic E-state index is -0.969. The van der Waals surface area contributed by atoms with Crippen molar-refractivity contribution in [1.29, 1.82) is 0 Å². The van der Waals surface area contributed by atoms with Crippen LogP contribution in [0, 0.1) is 0 Å². The maximum Gasteiger partial charge on any atom is 0.224 e. The molecule has 0 saturated carbocycles. The fourth-order valence-corrected chi connectivity index (χ4v) is 1.26. The number of anilines is 1. The third-order valence-corrected chi connectivity index (χ3v) is 2.18. The molecular formula is C10H18N4O2. The molecule has 0 aromatic carbocycles. The number of hydrogen-bond donors (Lipinski definition) is 3. The number of likely N-dealkylation sites (N-methyl/N-ethyl adjacent to an activating group) is 1. The van der Waals surface area contributed by atoms with Gasteiger partial charge < -0.3 is 20.4 Å². The smallest absolute Gasteiger partial charge is 0.224 e. The van der Waals surface area contributed by atoms with Crippen molar-refractivity contribution >= 4 is 5.95 Å². The lowest BCUT2D eigenvalue weighted by atomic mass is 10.1. The van der Waals surface area contributed by atoms with Crippen LogP contribution in [-0.2, 0) is 0 Å². The van der Waals surface area contributed by atoms with E-state index in [1.807, 2.05) is 14.1 Å². The highest BCUT2D eigenvalue weighted by Gasteiger charge is 2.18. The Morgan fingerprint density at radius 3 is 2.31 bits per heavy atom. The molecule has 0 aliphatic rings. The molecule has 3 N–H and O–H groups in total. The van der Waals surface area contributed by atoms with Gasteiger partial charge in [0.15, 0.2) is 0 Å². The van der Waals surface area contributed by atoms with Crippen LogP contribution in [0.5, 0.6) is 0 Å². The van der Waals surface area contributed by atoms with Gasteiger partial charge in [0.25, 0.3) is 0 Å². The van der Waals surface area contributed by atoms with Crippen LogP contribution >= 0.6 is 0 Å². The quantitative estimate of drug-likeness (QED) is 0.607. The van der Waals surface area contributed by atoms with Crippen molar-refractivity contribution < 1.29 is 10.2 Å². The second-order valence-electron chi connectivity index (χ2n) is 3.78. The zero-order valence-electron chi connectivity index (χ0n) is 9.75. The summed E-state index contributed by atoms with van der Waals surface area (Å²) < 4.78 is 0. The van der Waals surface area contributed by atoms with E-state index in [0.29, 0.717) is 18.1 Å². The minimum Gasteiger partial charge on any atom is -0.389 e. The van der Waals surface area contributed by atoms with Gasteiger partial charge in [-0.05, 0) is 7.05 Å². The molecule has 0 radical (unpaired) electrons. The van der Waals surface area contributed by atoms with E-state index in [1.54, 1.807) is 11.9 Å². The standard InChI is InChI=1S/C10H18N4O2/c1-11-6-8(15)9(16)7-4-12-10(13-5-7)14(2)3/h4-5,8-9,11,15-16H,6H2,1-3H3. The fourth-order valence-electron chi connectivity index (χ4n) is 1.26. The van der Waals surface area contributed by atoms with Crippen LogP contribution in [0.3, 0.4) is 0 Å². The summed E-state index contributed by atoms with van der Waals surface area (Å²) in [5, 5.41) is 22.1. The third-order valence-electron chi connectivity index (χ3n) is 2.18. The highest BCUT2D eigenvalue weighted by Crippen LogP contribution is 2.15. The summed E-state index contributed by atoms with van der Waals surface area (Å²) in [6.45, 7) is 0.316. The molecule has 2 unspecified atom stereocenters. The van der Waals surface area contributed by atoms with Crippen molar-refractivity contribution in [2.24, 2.45) is 0 Å². The lowest BCUT2D eigenvalue weighted by Crippen LogP contribution is -2.29. The Labute approximate surface area is 95.0 Å². The Balaban J connectivity index is 2.73. The number of nitrogens with zero attached hydrogens (tertiary/aromatic N) is 3. The van der Waals surface area contributed by atoms with Gasteiger partial charge in [0.05, 0.1) is 6.10 Å². The van der Waals surface area contributed by atoms with Gasteiger partial charge in [0.2, 0.25) is 5.95 Å². The Morgan fingerprint density at radius 2 is 1.88 bits per heavy atom. The number of hydrogen-bond acceptors (Lipinski definition) is 6. The Morgan fingerprint density at radius 1 is 1.31 bits per heavy atom. The molecule has 0 saturated heterocycles. The van der Waals surface area contributed by atoms with E-state index < -0.39 is 12.2 Å². The maximum absolute atomic E-state index is 9.77. The van der Waals surface area contributed by atoms with Crippen molar-refractivity contribution in [3.63, 3.8) is 0 Å². The van der Waals surface area contributed by atoms with Crippen LogP contribution < -0.4 is 10.2 Å². The summed E-state index contributed by atoms with van der Waals surface area (Å²) in [6, 6.07) is 0. The Kier molecular flexibility index (Phi) is 4.60. The van der Waals surface area contributed by atoms with Gasteiger partial charge in [0, 0.05) is 38.6 Å². The van der Waals surface area contributed by atoms with Gasteiger partial charge in [-0.25, -0.2) is 9.97 Å². The Hall–Kier alpha value is -1.24. The topological polar surface area (TPSA) is 81.5 Å². The van der Waals surface area contributed by atoms with E-state index in [1.165, 1.54) is 12.4 Å². The number of aromatic nitrogens is 2. The molecule has 1 heterocycles. The van der Waals surface area contributed by atoms with Gasteiger partial charge in [-0.3, -0.25) is 0 Å². The molecule has 0 spiro atoms. The van der Waals surface area contributed by atoms with Crippen molar-refractivity contribution in [3.8, 4) is 0 Å². The molecule has 16 heavy (non-hydrogen) atoms. The Bertz CT molecular complexity index is 315. The second-order valence-corrected chi connectivity index (χ2v) is 3.78. The molecule has 0 aliphatic carbocycles. The van der Waals surface area contributed by atoms with Crippen LogP contribution in [-0.4, -0.2) is 54.0 Å². The maximum atomic E-state index is 9.77. The second kappa shape index (κ2) is 5.74. The molecule has 0 amide bonds. The van der Waals surface area contributed by atoms with Crippen LogP contribution in [0.15, 0.2) is 12.4 Å². The number of aliphatic hydroxyl groups is 2. The van der Waals surface area contributed by atoms with E-state index in [2.05, 4.69) is 15.3 Å². The summed E-state index contributed by atoms with van der Waals surface area (Å²) in [5.74, 6) is 0.569. The number of nitrogens with one attached hydrogen (secondary N) is 1. The fraction of sp³-hybridized carbons (Fsp3) is 0.600. The van der Waals surface area contributed by atoms with Gasteiger partial charge in [0.1, 0.15) is 6.10 Å². The van der Waals surface area contributed by atoms with Crippen molar-refractivity contribution in [2.45, 2.75) is 12.2 Å². The molecule has 90 valence electrons. The first-order valence-corrected chi connectivity index (χ1v) is 5.06. The number of aliphatic hydroxyl groups excluding tert-OH is 2.